The van der Waals surface area contributed by atoms with Gasteiger partial charge in [-0.1, -0.05) is 22.0 Å². The van der Waals surface area contributed by atoms with Crippen molar-refractivity contribution in [1.82, 2.24) is 10.3 Å². The second-order valence-corrected chi connectivity index (χ2v) is 8.54. The molecule has 0 radical (unpaired) electrons. The number of pyridine rings is 1. The van der Waals surface area contributed by atoms with Crippen LogP contribution in [0.5, 0.6) is 0 Å². The van der Waals surface area contributed by atoms with E-state index in [9.17, 15) is 0 Å². The van der Waals surface area contributed by atoms with Gasteiger partial charge in [0.25, 0.3) is 0 Å². The van der Waals surface area contributed by atoms with Crippen LogP contribution in [-0.2, 0) is 0 Å². The number of hydrogen-bond donors (Lipinski definition) is 1. The maximum Gasteiger partial charge on any atom is 0.174 e. The number of thiophene rings is 1. The number of nitrogens with zero attached hydrogens (tertiary/aromatic N) is 2. The number of benzene rings is 1. The highest BCUT2D eigenvalue weighted by Gasteiger charge is 2.41. The highest BCUT2D eigenvalue weighted by Crippen LogP contribution is 2.43. The highest BCUT2D eigenvalue weighted by molar-refractivity contribution is 9.10. The summed E-state index contributed by atoms with van der Waals surface area (Å²) in [5.41, 5.74) is 2.08. The van der Waals surface area contributed by atoms with Crippen LogP contribution in [0.2, 0.25) is 0 Å². The van der Waals surface area contributed by atoms with E-state index >= 15 is 0 Å². The number of nitrogens with one attached hydrogen (secondary N) is 1. The van der Waals surface area contributed by atoms with Gasteiger partial charge in [-0.2, -0.15) is 0 Å². The number of thiocarbonyl (C=S) groups is 1. The lowest BCUT2D eigenvalue weighted by molar-refractivity contribution is 0.575. The Morgan fingerprint density at radius 2 is 1.92 bits per heavy atom. The lowest BCUT2D eigenvalue weighted by Gasteiger charge is -2.27. The molecule has 0 amide bonds. The molecule has 4 rings (SSSR count). The Labute approximate surface area is 164 Å². The largest absolute Gasteiger partial charge is 0.351 e. The molecule has 1 aromatic carbocycles. The van der Waals surface area contributed by atoms with Gasteiger partial charge in [-0.3, -0.25) is 4.98 Å². The summed E-state index contributed by atoms with van der Waals surface area (Å²) in [5.74, 6) is 0. The second-order valence-electron chi connectivity index (χ2n) is 5.92. The van der Waals surface area contributed by atoms with E-state index in [2.05, 4.69) is 68.4 Å². The first kappa shape index (κ1) is 16.7. The summed E-state index contributed by atoms with van der Waals surface area (Å²) in [6, 6.07) is 18.7. The van der Waals surface area contributed by atoms with Crippen LogP contribution in [0.25, 0.3) is 0 Å². The average molecular weight is 430 g/mol. The molecule has 1 aliphatic heterocycles. The first-order valence-corrected chi connectivity index (χ1v) is 9.98. The molecular formula is C19H16BrN3S2. The van der Waals surface area contributed by atoms with Gasteiger partial charge >= 0.3 is 0 Å². The molecule has 0 unspecified atom stereocenters. The van der Waals surface area contributed by atoms with E-state index in [1.54, 1.807) is 0 Å². The van der Waals surface area contributed by atoms with Crippen LogP contribution in [0, 0.1) is 6.92 Å². The summed E-state index contributed by atoms with van der Waals surface area (Å²) >= 11 is 11.0. The summed E-state index contributed by atoms with van der Waals surface area (Å²) in [7, 11) is 0. The third-order valence-corrected chi connectivity index (χ3v) is 6.17. The minimum absolute atomic E-state index is 0.0235. The number of anilines is 1. The maximum absolute atomic E-state index is 5.70. The van der Waals surface area contributed by atoms with Gasteiger partial charge in [0.05, 0.1) is 17.8 Å². The van der Waals surface area contributed by atoms with Gasteiger partial charge in [0, 0.05) is 26.1 Å². The number of aromatic nitrogens is 1. The lowest BCUT2D eigenvalue weighted by atomic mass is 10.0. The van der Waals surface area contributed by atoms with Crippen molar-refractivity contribution in [2.45, 2.75) is 19.0 Å². The normalized spacial score (nSPS) is 19.9. The van der Waals surface area contributed by atoms with Crippen molar-refractivity contribution in [1.29, 1.82) is 0 Å². The second kappa shape index (κ2) is 6.86. The monoisotopic (exact) mass is 429 g/mol. The molecule has 2 aromatic heterocycles. The summed E-state index contributed by atoms with van der Waals surface area (Å²) in [6.45, 7) is 2.13. The molecule has 25 heavy (non-hydrogen) atoms. The van der Waals surface area contributed by atoms with Gasteiger partial charge in [-0.15, -0.1) is 11.3 Å². The zero-order valence-electron chi connectivity index (χ0n) is 13.5. The lowest BCUT2D eigenvalue weighted by Crippen LogP contribution is -2.28. The molecule has 3 heterocycles. The van der Waals surface area contributed by atoms with E-state index in [4.69, 9.17) is 12.2 Å². The SMILES string of the molecule is Cc1ccc([C@@H]2[C@H](c3ccccn3)NC(=S)N2c2ccc(Br)cc2)s1. The van der Waals surface area contributed by atoms with E-state index in [-0.39, 0.29) is 12.1 Å². The highest BCUT2D eigenvalue weighted by atomic mass is 79.9. The van der Waals surface area contributed by atoms with Crippen molar-refractivity contribution in [3.8, 4) is 0 Å². The Kier molecular flexibility index (Phi) is 4.58. The zero-order valence-corrected chi connectivity index (χ0v) is 16.7. The third kappa shape index (κ3) is 3.21. The van der Waals surface area contributed by atoms with Gasteiger partial charge in [-0.25, -0.2) is 0 Å². The van der Waals surface area contributed by atoms with Crippen LogP contribution in [0.4, 0.5) is 5.69 Å². The van der Waals surface area contributed by atoms with Crippen LogP contribution in [0.1, 0.15) is 27.5 Å². The minimum Gasteiger partial charge on any atom is -0.351 e. The molecule has 2 atom stereocenters. The van der Waals surface area contributed by atoms with Gasteiger partial charge in [0.15, 0.2) is 5.11 Å². The van der Waals surface area contributed by atoms with Gasteiger partial charge in [0.2, 0.25) is 0 Å². The van der Waals surface area contributed by atoms with E-state index in [1.807, 2.05) is 41.8 Å². The van der Waals surface area contributed by atoms with Crippen molar-refractivity contribution in [3.63, 3.8) is 0 Å². The van der Waals surface area contributed by atoms with E-state index < -0.39 is 0 Å². The Balaban J connectivity index is 1.81. The summed E-state index contributed by atoms with van der Waals surface area (Å²) < 4.78 is 1.05. The predicted octanol–water partition coefficient (Wildman–Crippen LogP) is 5.39. The van der Waals surface area contributed by atoms with Crippen LogP contribution in [0.3, 0.4) is 0 Å². The number of hydrogen-bond acceptors (Lipinski definition) is 3. The van der Waals surface area contributed by atoms with E-state index in [0.29, 0.717) is 0 Å². The maximum atomic E-state index is 5.70. The molecule has 1 saturated heterocycles. The number of rotatable bonds is 3. The topological polar surface area (TPSA) is 28.2 Å². The molecule has 1 aliphatic rings. The molecule has 0 saturated carbocycles. The Bertz CT molecular complexity index is 893. The summed E-state index contributed by atoms with van der Waals surface area (Å²) in [4.78, 5) is 9.34. The van der Waals surface area contributed by atoms with Crippen molar-refractivity contribution in [2.24, 2.45) is 0 Å². The summed E-state index contributed by atoms with van der Waals surface area (Å²) in [5, 5.41) is 4.21. The molecule has 0 bridgehead atoms. The smallest absolute Gasteiger partial charge is 0.174 e. The van der Waals surface area contributed by atoms with Crippen LogP contribution < -0.4 is 10.2 Å². The van der Waals surface area contributed by atoms with Crippen molar-refractivity contribution >= 4 is 50.3 Å². The Morgan fingerprint density at radius 1 is 1.12 bits per heavy atom. The number of halogens is 1. The standard InChI is InChI=1S/C19H16BrN3S2/c1-12-5-10-16(25-12)18-17(15-4-2-3-11-21-15)22-19(24)23(18)14-8-6-13(20)7-9-14/h2-11,17-18H,1H3,(H,22,24)/t17-,18+/m0/s1. The minimum atomic E-state index is 0.0235. The molecule has 3 nitrogen and oxygen atoms in total. The Morgan fingerprint density at radius 3 is 2.56 bits per heavy atom. The fraction of sp³-hybridized carbons (Fsp3) is 0.158. The molecule has 1 N–H and O–H groups in total. The molecule has 0 spiro atoms. The van der Waals surface area contributed by atoms with Crippen LogP contribution >= 0.6 is 39.5 Å². The molecule has 0 aliphatic carbocycles. The fourth-order valence-corrected chi connectivity index (χ4v) is 4.75. The molecule has 1 fully saturated rings. The molecular weight excluding hydrogens is 414 g/mol. The van der Waals surface area contributed by atoms with Crippen LogP contribution in [0.15, 0.2) is 65.3 Å². The Hall–Kier alpha value is -1.76. The molecule has 6 heteroatoms. The van der Waals surface area contributed by atoms with E-state index in [1.165, 1.54) is 9.75 Å². The first-order chi connectivity index (χ1) is 12.1. The van der Waals surface area contributed by atoms with Crippen molar-refractivity contribution in [3.05, 3.63) is 80.7 Å². The van der Waals surface area contributed by atoms with Gasteiger partial charge in [-0.05, 0) is 67.7 Å². The molecule has 126 valence electrons. The third-order valence-electron chi connectivity index (χ3n) is 4.26. The zero-order chi connectivity index (χ0) is 17.4. The van der Waals surface area contributed by atoms with E-state index in [0.717, 1.165) is 21.0 Å². The predicted molar refractivity (Wildman–Crippen MR) is 111 cm³/mol. The average Bonchev–Trinajstić information content (AvgIpc) is 3.20. The van der Waals surface area contributed by atoms with Crippen molar-refractivity contribution in [2.75, 3.05) is 4.90 Å². The first-order valence-electron chi connectivity index (χ1n) is 7.96. The fourth-order valence-electron chi connectivity index (χ4n) is 3.14. The summed E-state index contributed by atoms with van der Waals surface area (Å²) in [6.07, 6.45) is 1.83. The molecule has 3 aromatic rings. The number of aryl methyl sites for hydroxylation is 1. The van der Waals surface area contributed by atoms with Crippen molar-refractivity contribution < 1.29 is 0 Å². The van der Waals surface area contributed by atoms with Gasteiger partial charge < -0.3 is 10.2 Å². The van der Waals surface area contributed by atoms with Crippen LogP contribution in [-0.4, -0.2) is 10.1 Å². The quantitative estimate of drug-likeness (QED) is 0.564. The van der Waals surface area contributed by atoms with Gasteiger partial charge in [0.1, 0.15) is 0 Å².